The Hall–Kier alpha value is -2.22. The van der Waals surface area contributed by atoms with E-state index < -0.39 is 0 Å². The molecule has 1 aliphatic carbocycles. The summed E-state index contributed by atoms with van der Waals surface area (Å²) in [6.07, 6.45) is 4.08. The molecule has 0 radical (unpaired) electrons. The van der Waals surface area contributed by atoms with E-state index in [1.165, 1.54) is 10.4 Å². The highest BCUT2D eigenvalue weighted by Gasteiger charge is 2.26. The van der Waals surface area contributed by atoms with Gasteiger partial charge in [-0.15, -0.1) is 11.3 Å². The largest absolute Gasteiger partial charge is 0.383 e. The zero-order valence-electron chi connectivity index (χ0n) is 17.8. The van der Waals surface area contributed by atoms with E-state index >= 15 is 0 Å². The van der Waals surface area contributed by atoms with Crippen LogP contribution in [-0.4, -0.2) is 50.1 Å². The molecule has 3 rings (SSSR count). The summed E-state index contributed by atoms with van der Waals surface area (Å²) >= 11 is 1.55. The van der Waals surface area contributed by atoms with E-state index in [0.29, 0.717) is 30.3 Å². The van der Waals surface area contributed by atoms with Gasteiger partial charge in [0.2, 0.25) is 5.91 Å². The van der Waals surface area contributed by atoms with Gasteiger partial charge in [-0.25, -0.2) is 0 Å². The molecule has 0 bridgehead atoms. The number of amides is 2. The molecule has 0 atom stereocenters. The summed E-state index contributed by atoms with van der Waals surface area (Å²) < 4.78 is 5.03. The summed E-state index contributed by atoms with van der Waals surface area (Å²) in [5.74, 6) is -0.212. The third-order valence-corrected chi connectivity index (χ3v) is 6.51. The Balaban J connectivity index is 1.70. The highest BCUT2D eigenvalue weighted by Crippen LogP contribution is 2.38. The zero-order valence-corrected chi connectivity index (χ0v) is 18.6. The molecule has 0 saturated carbocycles. The molecular formula is C23H31N3O3S. The number of carbonyl (C=O) groups is 2. The molecule has 2 aromatic rings. The van der Waals surface area contributed by atoms with E-state index in [1.54, 1.807) is 18.4 Å². The molecule has 0 aliphatic heterocycles. The van der Waals surface area contributed by atoms with Crippen LogP contribution < -0.4 is 10.6 Å². The number of hydrogen-bond donors (Lipinski definition) is 2. The molecule has 1 aromatic carbocycles. The molecular weight excluding hydrogens is 398 g/mol. The van der Waals surface area contributed by atoms with Crippen LogP contribution in [0.2, 0.25) is 0 Å². The number of anilines is 1. The van der Waals surface area contributed by atoms with Gasteiger partial charge in [-0.2, -0.15) is 0 Å². The molecule has 0 saturated heterocycles. The first-order chi connectivity index (χ1) is 14.6. The molecule has 1 aliphatic rings. The Bertz CT molecular complexity index is 851. The molecule has 0 spiro atoms. The molecule has 1 aromatic heterocycles. The SMILES string of the molecule is CCN(CC(=O)Nc1sc2c(c1C(=O)NCCOC)CCCC2)Cc1ccccc1. The fourth-order valence-electron chi connectivity index (χ4n) is 3.74. The predicted octanol–water partition coefficient (Wildman–Crippen LogP) is 3.46. The van der Waals surface area contributed by atoms with Gasteiger partial charge in [-0.1, -0.05) is 37.3 Å². The van der Waals surface area contributed by atoms with E-state index in [-0.39, 0.29) is 11.8 Å². The van der Waals surface area contributed by atoms with Crippen LogP contribution in [0.3, 0.4) is 0 Å². The first-order valence-corrected chi connectivity index (χ1v) is 11.4. The number of thiophene rings is 1. The number of carbonyl (C=O) groups excluding carboxylic acids is 2. The van der Waals surface area contributed by atoms with Crippen LogP contribution in [0, 0.1) is 0 Å². The fourth-order valence-corrected chi connectivity index (χ4v) is 5.04. The van der Waals surface area contributed by atoms with Gasteiger partial charge in [0, 0.05) is 25.1 Å². The third-order valence-electron chi connectivity index (χ3n) is 5.31. The molecule has 6 nitrogen and oxygen atoms in total. The molecule has 7 heteroatoms. The van der Waals surface area contributed by atoms with Crippen molar-refractivity contribution in [2.24, 2.45) is 0 Å². The standard InChI is InChI=1S/C23H31N3O3S/c1-3-26(15-17-9-5-4-6-10-17)16-20(27)25-23-21(22(28)24-13-14-29-2)18-11-7-8-12-19(18)30-23/h4-6,9-10H,3,7-8,11-16H2,1-2H3,(H,24,28)(H,25,27). The highest BCUT2D eigenvalue weighted by atomic mass is 32.1. The number of benzene rings is 1. The number of aryl methyl sites for hydroxylation is 1. The number of hydrogen-bond acceptors (Lipinski definition) is 5. The Morgan fingerprint density at radius 1 is 1.17 bits per heavy atom. The highest BCUT2D eigenvalue weighted by molar-refractivity contribution is 7.17. The average Bonchev–Trinajstić information content (AvgIpc) is 3.11. The minimum Gasteiger partial charge on any atom is -0.383 e. The van der Waals surface area contributed by atoms with Crippen LogP contribution >= 0.6 is 11.3 Å². The first kappa shape index (κ1) is 22.5. The van der Waals surface area contributed by atoms with Crippen LogP contribution in [-0.2, 0) is 28.9 Å². The van der Waals surface area contributed by atoms with Gasteiger partial charge in [0.25, 0.3) is 5.91 Å². The summed E-state index contributed by atoms with van der Waals surface area (Å²) in [6.45, 7) is 4.75. The van der Waals surface area contributed by atoms with Gasteiger partial charge in [0.1, 0.15) is 5.00 Å². The molecule has 2 N–H and O–H groups in total. The van der Waals surface area contributed by atoms with Crippen molar-refractivity contribution in [2.75, 3.05) is 38.7 Å². The van der Waals surface area contributed by atoms with Crippen molar-refractivity contribution in [3.63, 3.8) is 0 Å². The quantitative estimate of drug-likeness (QED) is 0.568. The second-order valence-corrected chi connectivity index (χ2v) is 8.61. The van der Waals surface area contributed by atoms with Gasteiger partial charge in [-0.3, -0.25) is 14.5 Å². The molecule has 30 heavy (non-hydrogen) atoms. The van der Waals surface area contributed by atoms with Gasteiger partial charge in [0.05, 0.1) is 18.7 Å². The number of methoxy groups -OCH3 is 1. The van der Waals surface area contributed by atoms with Gasteiger partial charge in [-0.05, 0) is 43.4 Å². The molecule has 162 valence electrons. The minimum atomic E-state index is -0.126. The molecule has 1 heterocycles. The molecule has 0 unspecified atom stereocenters. The predicted molar refractivity (Wildman–Crippen MR) is 121 cm³/mol. The number of nitrogens with one attached hydrogen (secondary N) is 2. The Morgan fingerprint density at radius 3 is 2.67 bits per heavy atom. The van der Waals surface area contributed by atoms with Crippen LogP contribution in [0.1, 0.15) is 46.1 Å². The maximum atomic E-state index is 12.9. The van der Waals surface area contributed by atoms with E-state index in [1.807, 2.05) is 18.2 Å². The van der Waals surface area contributed by atoms with E-state index in [4.69, 9.17) is 4.74 Å². The number of nitrogens with zero attached hydrogens (tertiary/aromatic N) is 1. The topological polar surface area (TPSA) is 70.7 Å². The lowest BCUT2D eigenvalue weighted by Gasteiger charge is -2.20. The van der Waals surface area contributed by atoms with Gasteiger partial charge in [0.15, 0.2) is 0 Å². The number of ether oxygens (including phenoxy) is 1. The fraction of sp³-hybridized carbons (Fsp3) is 0.478. The molecule has 0 fully saturated rings. The lowest BCUT2D eigenvalue weighted by Crippen LogP contribution is -2.33. The van der Waals surface area contributed by atoms with Crippen LogP contribution in [0.5, 0.6) is 0 Å². The zero-order chi connectivity index (χ0) is 21.3. The normalized spacial score (nSPS) is 13.2. The summed E-state index contributed by atoms with van der Waals surface area (Å²) in [7, 11) is 1.61. The van der Waals surface area contributed by atoms with Gasteiger partial charge >= 0.3 is 0 Å². The van der Waals surface area contributed by atoms with Crippen molar-refractivity contribution in [1.82, 2.24) is 10.2 Å². The van der Waals surface area contributed by atoms with Crippen molar-refractivity contribution in [1.29, 1.82) is 0 Å². The summed E-state index contributed by atoms with van der Waals surface area (Å²) in [4.78, 5) is 29.0. The van der Waals surface area contributed by atoms with Crippen molar-refractivity contribution in [3.05, 3.63) is 51.9 Å². The van der Waals surface area contributed by atoms with E-state index in [9.17, 15) is 9.59 Å². The van der Waals surface area contributed by atoms with Crippen molar-refractivity contribution < 1.29 is 14.3 Å². The van der Waals surface area contributed by atoms with Crippen molar-refractivity contribution in [3.8, 4) is 0 Å². The smallest absolute Gasteiger partial charge is 0.254 e. The maximum Gasteiger partial charge on any atom is 0.254 e. The van der Waals surface area contributed by atoms with Gasteiger partial charge < -0.3 is 15.4 Å². The molecule has 2 amide bonds. The average molecular weight is 430 g/mol. The summed E-state index contributed by atoms with van der Waals surface area (Å²) in [5, 5.41) is 6.63. The third kappa shape index (κ3) is 5.90. The number of fused-ring (bicyclic) bond motifs is 1. The summed E-state index contributed by atoms with van der Waals surface area (Å²) in [5.41, 5.74) is 2.93. The Kier molecular flexibility index (Phi) is 8.42. The lowest BCUT2D eigenvalue weighted by atomic mass is 9.95. The number of rotatable bonds is 10. The van der Waals surface area contributed by atoms with Crippen LogP contribution in [0.4, 0.5) is 5.00 Å². The Morgan fingerprint density at radius 2 is 1.93 bits per heavy atom. The monoisotopic (exact) mass is 429 g/mol. The number of likely N-dealkylation sites (N-methyl/N-ethyl adjacent to an activating group) is 1. The van der Waals surface area contributed by atoms with Crippen LogP contribution in [0.15, 0.2) is 30.3 Å². The van der Waals surface area contributed by atoms with E-state index in [2.05, 4.69) is 34.6 Å². The Labute approximate surface area is 182 Å². The van der Waals surface area contributed by atoms with E-state index in [0.717, 1.165) is 44.3 Å². The minimum absolute atomic E-state index is 0.0858. The van der Waals surface area contributed by atoms with Crippen molar-refractivity contribution >= 4 is 28.2 Å². The lowest BCUT2D eigenvalue weighted by molar-refractivity contribution is -0.117. The van der Waals surface area contributed by atoms with Crippen LogP contribution in [0.25, 0.3) is 0 Å². The van der Waals surface area contributed by atoms with Crippen molar-refractivity contribution in [2.45, 2.75) is 39.2 Å². The second kappa shape index (κ2) is 11.2. The summed E-state index contributed by atoms with van der Waals surface area (Å²) in [6, 6.07) is 10.1. The maximum absolute atomic E-state index is 12.9. The second-order valence-electron chi connectivity index (χ2n) is 7.50. The first-order valence-electron chi connectivity index (χ1n) is 10.6.